The number of carbonyl (C=O) groups excluding carboxylic acids is 1. The first-order valence-corrected chi connectivity index (χ1v) is 7.95. The number of carbonyl (C=O) groups is 1. The minimum atomic E-state index is -0.982. The Balaban J connectivity index is 1.85. The van der Waals surface area contributed by atoms with Crippen molar-refractivity contribution >= 4 is 18.7 Å². The highest BCUT2D eigenvalue weighted by molar-refractivity contribution is 6.62. The minimum Gasteiger partial charge on any atom is -0.494 e. The highest BCUT2D eigenvalue weighted by Crippen LogP contribution is 2.18. The van der Waals surface area contributed by atoms with Crippen LogP contribution in [-0.4, -0.2) is 48.2 Å². The number of aliphatic hydroxyl groups is 1. The minimum absolute atomic E-state index is 0.221. The number of alkyl carbamates (subject to hydrolysis) is 1. The van der Waals surface area contributed by atoms with E-state index in [4.69, 9.17) is 14.1 Å². The van der Waals surface area contributed by atoms with E-state index in [1.165, 1.54) is 0 Å². The predicted molar refractivity (Wildman–Crippen MR) is 89.2 cm³/mol. The lowest BCUT2D eigenvalue weighted by Gasteiger charge is -2.23. The van der Waals surface area contributed by atoms with E-state index in [-0.39, 0.29) is 13.2 Å². The molecule has 132 valence electrons. The van der Waals surface area contributed by atoms with Gasteiger partial charge in [-0.05, 0) is 32.4 Å². The number of benzene rings is 1. The molecule has 1 aliphatic heterocycles. The van der Waals surface area contributed by atoms with Gasteiger partial charge in [-0.2, -0.15) is 0 Å². The van der Waals surface area contributed by atoms with Gasteiger partial charge in [0.25, 0.3) is 0 Å². The van der Waals surface area contributed by atoms with E-state index in [2.05, 4.69) is 5.32 Å². The van der Waals surface area contributed by atoms with Gasteiger partial charge in [-0.1, -0.05) is 12.1 Å². The molecular formula is C16H24BNO6. The highest BCUT2D eigenvalue weighted by atomic mass is 16.6. The number of hydrogen-bond donors (Lipinski definition) is 3. The molecule has 0 saturated carbocycles. The molecule has 1 aromatic carbocycles. The topological polar surface area (TPSA) is 97.3 Å². The van der Waals surface area contributed by atoms with Gasteiger partial charge in [0, 0.05) is 11.9 Å². The molecule has 1 amide bonds. The maximum atomic E-state index is 11.7. The van der Waals surface area contributed by atoms with Crippen molar-refractivity contribution in [2.75, 3.05) is 13.2 Å². The van der Waals surface area contributed by atoms with Crippen LogP contribution in [0.15, 0.2) is 18.2 Å². The predicted octanol–water partition coefficient (Wildman–Crippen LogP) is 0.559. The summed E-state index contributed by atoms with van der Waals surface area (Å²) >= 11 is 0. The fourth-order valence-electron chi connectivity index (χ4n) is 2.37. The average Bonchev–Trinajstić information content (AvgIpc) is 2.87. The number of ether oxygens (including phenoxy) is 2. The fraction of sp³-hybridized carbons (Fsp3) is 0.562. The molecule has 24 heavy (non-hydrogen) atoms. The van der Waals surface area contributed by atoms with E-state index >= 15 is 0 Å². The monoisotopic (exact) mass is 337 g/mol. The largest absolute Gasteiger partial charge is 0.495 e. The average molecular weight is 337 g/mol. The Kier molecular flexibility index (Phi) is 6.09. The lowest BCUT2D eigenvalue weighted by Crippen LogP contribution is -2.41. The van der Waals surface area contributed by atoms with Gasteiger partial charge in [-0.25, -0.2) is 4.79 Å². The first-order chi connectivity index (χ1) is 11.3. The SMILES string of the molecule is CC(C)(C)OC(=O)NC(CO)CCOc1cccc2c1B(O)OC2. The van der Waals surface area contributed by atoms with Crippen LogP contribution in [-0.2, 0) is 16.0 Å². The van der Waals surface area contributed by atoms with Gasteiger partial charge in [0.15, 0.2) is 0 Å². The molecule has 1 heterocycles. The third-order valence-electron chi connectivity index (χ3n) is 3.47. The van der Waals surface area contributed by atoms with Crippen LogP contribution in [0.2, 0.25) is 0 Å². The maximum Gasteiger partial charge on any atom is 0.495 e. The lowest BCUT2D eigenvalue weighted by molar-refractivity contribution is 0.0474. The van der Waals surface area contributed by atoms with Crippen LogP contribution >= 0.6 is 0 Å². The van der Waals surface area contributed by atoms with E-state index in [0.29, 0.717) is 24.2 Å². The number of fused-ring (bicyclic) bond motifs is 1. The van der Waals surface area contributed by atoms with Crippen molar-refractivity contribution in [3.63, 3.8) is 0 Å². The summed E-state index contributed by atoms with van der Waals surface area (Å²) in [6.07, 6.45) is -0.179. The molecular weight excluding hydrogens is 313 g/mol. The first-order valence-electron chi connectivity index (χ1n) is 7.95. The van der Waals surface area contributed by atoms with E-state index in [9.17, 15) is 14.9 Å². The van der Waals surface area contributed by atoms with Crippen LogP contribution in [0.4, 0.5) is 4.79 Å². The van der Waals surface area contributed by atoms with Crippen LogP contribution in [0.3, 0.4) is 0 Å². The van der Waals surface area contributed by atoms with Gasteiger partial charge < -0.3 is 29.6 Å². The fourth-order valence-corrected chi connectivity index (χ4v) is 2.37. The Morgan fingerprint density at radius 1 is 1.46 bits per heavy atom. The van der Waals surface area contributed by atoms with E-state index < -0.39 is 24.9 Å². The molecule has 0 aromatic heterocycles. The van der Waals surface area contributed by atoms with Crippen molar-refractivity contribution in [2.24, 2.45) is 0 Å². The van der Waals surface area contributed by atoms with Gasteiger partial charge >= 0.3 is 13.2 Å². The van der Waals surface area contributed by atoms with Crippen LogP contribution in [0.1, 0.15) is 32.8 Å². The Morgan fingerprint density at radius 3 is 2.88 bits per heavy atom. The van der Waals surface area contributed by atoms with Crippen molar-refractivity contribution in [1.29, 1.82) is 0 Å². The molecule has 3 N–H and O–H groups in total. The first kappa shape index (κ1) is 18.6. The zero-order chi connectivity index (χ0) is 17.7. The summed E-state index contributed by atoms with van der Waals surface area (Å²) < 4.78 is 16.0. The molecule has 1 unspecified atom stereocenters. The second-order valence-corrected chi connectivity index (χ2v) is 6.66. The Labute approximate surface area is 142 Å². The summed E-state index contributed by atoms with van der Waals surface area (Å²) in [5.74, 6) is 0.548. The Hall–Kier alpha value is -1.77. The number of aliphatic hydroxyl groups excluding tert-OH is 1. The van der Waals surface area contributed by atoms with Crippen LogP contribution < -0.4 is 15.5 Å². The third-order valence-corrected chi connectivity index (χ3v) is 3.47. The molecule has 1 aliphatic rings. The van der Waals surface area contributed by atoms with Gasteiger partial charge in [0.1, 0.15) is 11.4 Å². The van der Waals surface area contributed by atoms with Crippen LogP contribution in [0, 0.1) is 0 Å². The number of rotatable bonds is 6. The highest BCUT2D eigenvalue weighted by Gasteiger charge is 2.31. The molecule has 0 aliphatic carbocycles. The van der Waals surface area contributed by atoms with Gasteiger partial charge in [-0.15, -0.1) is 0 Å². The zero-order valence-corrected chi connectivity index (χ0v) is 14.2. The van der Waals surface area contributed by atoms with Crippen molar-refractivity contribution in [3.8, 4) is 5.75 Å². The second kappa shape index (κ2) is 7.87. The quantitative estimate of drug-likeness (QED) is 0.657. The van der Waals surface area contributed by atoms with Crippen molar-refractivity contribution in [3.05, 3.63) is 23.8 Å². The van der Waals surface area contributed by atoms with Gasteiger partial charge in [-0.3, -0.25) is 0 Å². The van der Waals surface area contributed by atoms with Gasteiger partial charge in [0.2, 0.25) is 0 Å². The van der Waals surface area contributed by atoms with Crippen LogP contribution in [0.5, 0.6) is 5.75 Å². The summed E-state index contributed by atoms with van der Waals surface area (Å²) in [6.45, 7) is 5.71. The molecule has 1 atom stereocenters. The maximum absolute atomic E-state index is 11.7. The zero-order valence-electron chi connectivity index (χ0n) is 14.2. The second-order valence-electron chi connectivity index (χ2n) is 6.66. The van der Waals surface area contributed by atoms with Crippen molar-refractivity contribution in [1.82, 2.24) is 5.32 Å². The summed E-state index contributed by atoms with van der Waals surface area (Å²) in [5, 5.41) is 21.8. The number of nitrogens with one attached hydrogen (secondary N) is 1. The Morgan fingerprint density at radius 2 is 2.21 bits per heavy atom. The normalized spacial score (nSPS) is 15.0. The van der Waals surface area contributed by atoms with Crippen molar-refractivity contribution in [2.45, 2.75) is 45.4 Å². The van der Waals surface area contributed by atoms with Crippen LogP contribution in [0.25, 0.3) is 0 Å². The lowest BCUT2D eigenvalue weighted by atomic mass is 9.79. The molecule has 0 spiro atoms. The summed E-state index contributed by atoms with van der Waals surface area (Å²) in [4.78, 5) is 11.7. The molecule has 0 saturated heterocycles. The van der Waals surface area contributed by atoms with Gasteiger partial charge in [0.05, 0.1) is 25.9 Å². The summed E-state index contributed by atoms with van der Waals surface area (Å²) in [5.41, 5.74) is 0.935. The standard InChI is InChI=1S/C16H24BNO6/c1-16(2,3)24-15(20)18-12(9-19)7-8-22-13-6-4-5-11-10-23-17(21)14(11)13/h4-6,12,19,21H,7-10H2,1-3H3,(H,18,20). The molecule has 2 rings (SSSR count). The molecule has 7 nitrogen and oxygen atoms in total. The smallest absolute Gasteiger partial charge is 0.494 e. The summed E-state index contributed by atoms with van der Waals surface area (Å²) in [7, 11) is -0.982. The molecule has 0 radical (unpaired) electrons. The molecule has 0 fully saturated rings. The van der Waals surface area contributed by atoms with E-state index in [1.807, 2.05) is 12.1 Å². The molecule has 8 heteroatoms. The Bertz CT molecular complexity index is 574. The van der Waals surface area contributed by atoms with Crippen molar-refractivity contribution < 1.29 is 29.1 Å². The summed E-state index contributed by atoms with van der Waals surface area (Å²) in [6, 6.07) is 4.99. The van der Waals surface area contributed by atoms with E-state index in [0.717, 1.165) is 5.56 Å². The molecule has 0 bridgehead atoms. The molecule has 1 aromatic rings. The van der Waals surface area contributed by atoms with E-state index in [1.54, 1.807) is 26.8 Å². The third kappa shape index (κ3) is 5.12. The number of amides is 1. The number of hydrogen-bond acceptors (Lipinski definition) is 6.